The van der Waals surface area contributed by atoms with E-state index in [-0.39, 0.29) is 29.7 Å². The van der Waals surface area contributed by atoms with Crippen LogP contribution in [0.25, 0.3) is 11.3 Å². The smallest absolute Gasteiger partial charge is 0.330 e. The summed E-state index contributed by atoms with van der Waals surface area (Å²) in [4.78, 5) is 42.2. The Morgan fingerprint density at radius 3 is 2.52 bits per heavy atom. The summed E-state index contributed by atoms with van der Waals surface area (Å²) in [6.07, 6.45) is 2.18. The zero-order valence-electron chi connectivity index (χ0n) is 19.1. The number of nitrogen functional groups attached to an aromatic ring is 1. The molecule has 0 radical (unpaired) electrons. The quantitative estimate of drug-likeness (QED) is 0.475. The van der Waals surface area contributed by atoms with Crippen molar-refractivity contribution in [3.8, 4) is 11.3 Å². The second-order valence-electron chi connectivity index (χ2n) is 8.31. The predicted octanol–water partition coefficient (Wildman–Crippen LogP) is 4.53. The minimum Gasteiger partial charge on any atom is -0.451 e. The maximum Gasteiger partial charge on any atom is 0.330 e. The number of unbranched alkanes of at least 4 members (excludes halogenated alkanes) is 1. The number of furan rings is 1. The van der Waals surface area contributed by atoms with E-state index >= 15 is 0 Å². The lowest BCUT2D eigenvalue weighted by atomic mass is 10.1. The average Bonchev–Trinajstić information content (AvgIpc) is 3.26. The number of benzene rings is 1. The van der Waals surface area contributed by atoms with E-state index in [9.17, 15) is 14.4 Å². The molecule has 0 aliphatic carbocycles. The molecular weight excluding hydrogens is 444 g/mol. The monoisotopic (exact) mass is 472 g/mol. The standard InChI is InChI=1S/C24H29ClN4O4/c1-4-5-13-29-21(26)20(22(30)27-24(29)32)28(14-12-15(2)3)23(31)19-11-10-18(33-19)16-6-8-17(25)9-7-16/h6-11,15H,4-5,12-14,26H2,1-3H3,(H,27,30,32). The van der Waals surface area contributed by atoms with E-state index in [1.807, 2.05) is 20.8 Å². The van der Waals surface area contributed by atoms with E-state index in [0.717, 1.165) is 12.0 Å². The number of carbonyl (C=O) groups excluding carboxylic acids is 1. The molecule has 2 heterocycles. The third-order valence-electron chi connectivity index (χ3n) is 5.34. The molecule has 9 heteroatoms. The van der Waals surface area contributed by atoms with Gasteiger partial charge in [-0.05, 0) is 55.2 Å². The first-order chi connectivity index (χ1) is 15.7. The number of hydrogen-bond acceptors (Lipinski definition) is 5. The van der Waals surface area contributed by atoms with Crippen LogP contribution in [0.1, 0.15) is 50.6 Å². The highest BCUT2D eigenvalue weighted by Crippen LogP contribution is 2.26. The molecular formula is C24H29ClN4O4. The lowest BCUT2D eigenvalue weighted by Crippen LogP contribution is -2.41. The molecule has 8 nitrogen and oxygen atoms in total. The Hall–Kier alpha value is -3.26. The first-order valence-electron chi connectivity index (χ1n) is 11.0. The van der Waals surface area contributed by atoms with Gasteiger partial charge < -0.3 is 10.2 Å². The summed E-state index contributed by atoms with van der Waals surface area (Å²) in [6.45, 7) is 6.61. The molecule has 3 aromatic rings. The fourth-order valence-electron chi connectivity index (χ4n) is 3.43. The minimum atomic E-state index is -0.702. The Bertz CT molecular complexity index is 1220. The molecule has 0 spiro atoms. The van der Waals surface area contributed by atoms with Crippen molar-refractivity contribution < 1.29 is 9.21 Å². The zero-order valence-corrected chi connectivity index (χ0v) is 19.8. The van der Waals surface area contributed by atoms with Crippen molar-refractivity contribution in [2.24, 2.45) is 5.92 Å². The van der Waals surface area contributed by atoms with Gasteiger partial charge in [0, 0.05) is 23.7 Å². The van der Waals surface area contributed by atoms with Crippen LogP contribution in [-0.2, 0) is 6.54 Å². The molecule has 1 aromatic carbocycles. The van der Waals surface area contributed by atoms with Crippen LogP contribution in [0, 0.1) is 5.92 Å². The minimum absolute atomic E-state index is 0.0289. The van der Waals surface area contributed by atoms with Crippen LogP contribution in [0.2, 0.25) is 5.02 Å². The molecule has 0 unspecified atom stereocenters. The molecule has 0 atom stereocenters. The van der Waals surface area contributed by atoms with Gasteiger partial charge in [-0.25, -0.2) is 4.79 Å². The number of H-pyrrole nitrogens is 1. The predicted molar refractivity (Wildman–Crippen MR) is 131 cm³/mol. The molecule has 3 N–H and O–H groups in total. The summed E-state index contributed by atoms with van der Waals surface area (Å²) in [7, 11) is 0. The number of nitrogens with two attached hydrogens (primary N) is 1. The van der Waals surface area contributed by atoms with E-state index < -0.39 is 17.2 Å². The molecule has 3 rings (SSSR count). The largest absolute Gasteiger partial charge is 0.451 e. The van der Waals surface area contributed by atoms with E-state index in [2.05, 4.69) is 4.98 Å². The van der Waals surface area contributed by atoms with Crippen LogP contribution in [0.15, 0.2) is 50.4 Å². The van der Waals surface area contributed by atoms with Crippen LogP contribution < -0.4 is 21.9 Å². The number of rotatable bonds is 9. The Kier molecular flexibility index (Phi) is 7.81. The van der Waals surface area contributed by atoms with Crippen molar-refractivity contribution in [3.05, 3.63) is 68.0 Å². The Labute approximate surface area is 197 Å². The highest BCUT2D eigenvalue weighted by atomic mass is 35.5. The van der Waals surface area contributed by atoms with Crippen LogP contribution >= 0.6 is 11.6 Å². The van der Waals surface area contributed by atoms with Crippen LogP contribution in [0.5, 0.6) is 0 Å². The maximum absolute atomic E-state index is 13.5. The van der Waals surface area contributed by atoms with Crippen molar-refractivity contribution >= 4 is 29.0 Å². The van der Waals surface area contributed by atoms with Crippen molar-refractivity contribution in [3.63, 3.8) is 0 Å². The molecule has 0 fully saturated rings. The van der Waals surface area contributed by atoms with E-state index in [1.165, 1.54) is 9.47 Å². The Morgan fingerprint density at radius 1 is 1.18 bits per heavy atom. The summed E-state index contributed by atoms with van der Waals surface area (Å²) in [5, 5.41) is 0.592. The summed E-state index contributed by atoms with van der Waals surface area (Å²) in [5.74, 6) is 0.294. The third kappa shape index (κ3) is 5.57. The number of aromatic nitrogens is 2. The van der Waals surface area contributed by atoms with Crippen molar-refractivity contribution in [1.82, 2.24) is 9.55 Å². The highest BCUT2D eigenvalue weighted by molar-refractivity contribution is 6.30. The SMILES string of the molecule is CCCCn1c(N)c(N(CCC(C)C)C(=O)c2ccc(-c3ccc(Cl)cc3)o2)c(=O)[nH]c1=O. The van der Waals surface area contributed by atoms with Gasteiger partial charge in [-0.2, -0.15) is 0 Å². The third-order valence-corrected chi connectivity index (χ3v) is 5.59. The highest BCUT2D eigenvalue weighted by Gasteiger charge is 2.27. The number of anilines is 2. The number of nitrogens with zero attached hydrogens (tertiary/aromatic N) is 2. The van der Waals surface area contributed by atoms with Gasteiger partial charge in [-0.3, -0.25) is 24.0 Å². The van der Waals surface area contributed by atoms with Crippen molar-refractivity contribution in [2.75, 3.05) is 17.2 Å². The number of amides is 1. The lowest BCUT2D eigenvalue weighted by molar-refractivity contribution is 0.0959. The van der Waals surface area contributed by atoms with Gasteiger partial charge in [0.25, 0.3) is 11.5 Å². The van der Waals surface area contributed by atoms with E-state index in [0.29, 0.717) is 30.2 Å². The first kappa shape index (κ1) is 24.4. The molecule has 33 heavy (non-hydrogen) atoms. The molecule has 0 aliphatic heterocycles. The maximum atomic E-state index is 13.5. The van der Waals surface area contributed by atoms with Gasteiger partial charge in [-0.1, -0.05) is 38.8 Å². The van der Waals surface area contributed by atoms with Gasteiger partial charge in [0.05, 0.1) is 0 Å². The Morgan fingerprint density at radius 2 is 1.88 bits per heavy atom. The number of nitrogens with one attached hydrogen (secondary N) is 1. The van der Waals surface area contributed by atoms with Gasteiger partial charge in [0.15, 0.2) is 11.4 Å². The van der Waals surface area contributed by atoms with Crippen LogP contribution in [-0.4, -0.2) is 22.0 Å². The fourth-order valence-corrected chi connectivity index (χ4v) is 3.56. The topological polar surface area (TPSA) is 114 Å². The zero-order chi connectivity index (χ0) is 24.1. The second-order valence-corrected chi connectivity index (χ2v) is 8.74. The van der Waals surface area contributed by atoms with Gasteiger partial charge in [-0.15, -0.1) is 0 Å². The Balaban J connectivity index is 2.03. The molecule has 0 bridgehead atoms. The average molecular weight is 473 g/mol. The summed E-state index contributed by atoms with van der Waals surface area (Å²) in [6, 6.07) is 10.3. The van der Waals surface area contributed by atoms with Crippen LogP contribution in [0.3, 0.4) is 0 Å². The van der Waals surface area contributed by atoms with E-state index in [1.54, 1.807) is 36.4 Å². The second kappa shape index (κ2) is 10.6. The fraction of sp³-hybridized carbons (Fsp3) is 0.375. The number of aromatic amines is 1. The molecule has 1 amide bonds. The van der Waals surface area contributed by atoms with Gasteiger partial charge in [0.1, 0.15) is 11.6 Å². The summed E-state index contributed by atoms with van der Waals surface area (Å²) >= 11 is 5.95. The lowest BCUT2D eigenvalue weighted by Gasteiger charge is -2.24. The first-order valence-corrected chi connectivity index (χ1v) is 11.4. The number of halogens is 1. The van der Waals surface area contributed by atoms with Crippen molar-refractivity contribution in [1.29, 1.82) is 0 Å². The molecule has 0 saturated carbocycles. The molecule has 0 saturated heterocycles. The number of carbonyl (C=O) groups is 1. The molecule has 2 aromatic heterocycles. The van der Waals surface area contributed by atoms with Crippen LogP contribution in [0.4, 0.5) is 11.5 Å². The van der Waals surface area contributed by atoms with Gasteiger partial charge >= 0.3 is 5.69 Å². The van der Waals surface area contributed by atoms with Gasteiger partial charge in [0.2, 0.25) is 0 Å². The normalized spacial score (nSPS) is 11.2. The molecule has 0 aliphatic rings. The summed E-state index contributed by atoms with van der Waals surface area (Å²) < 4.78 is 7.13. The van der Waals surface area contributed by atoms with Crippen molar-refractivity contribution in [2.45, 2.75) is 46.6 Å². The van der Waals surface area contributed by atoms with E-state index in [4.69, 9.17) is 21.8 Å². The number of hydrogen-bond donors (Lipinski definition) is 2. The molecule has 176 valence electrons. The summed E-state index contributed by atoms with van der Waals surface area (Å²) in [5.41, 5.74) is 5.70.